The largest absolute Gasteiger partial charge is 0.378 e. The summed E-state index contributed by atoms with van der Waals surface area (Å²) >= 11 is 1.25. The topological polar surface area (TPSA) is 67.7 Å². The average Bonchev–Trinajstić information content (AvgIpc) is 3.32. The number of aryl methyl sites for hydroxylation is 1. The Balaban J connectivity index is 1.63. The Morgan fingerprint density at radius 3 is 2.52 bits per heavy atom. The number of nitrogens with zero attached hydrogens (tertiary/aromatic N) is 4. The summed E-state index contributed by atoms with van der Waals surface area (Å²) in [6, 6.07) is 18.8. The van der Waals surface area contributed by atoms with Crippen molar-refractivity contribution in [3.05, 3.63) is 101 Å². The van der Waals surface area contributed by atoms with Crippen LogP contribution in [0.3, 0.4) is 0 Å². The van der Waals surface area contributed by atoms with Gasteiger partial charge in [0.1, 0.15) is 24.0 Å². The third-order valence-corrected chi connectivity index (χ3v) is 9.08. The van der Waals surface area contributed by atoms with Gasteiger partial charge in [0.05, 0.1) is 35.6 Å². The summed E-state index contributed by atoms with van der Waals surface area (Å²) < 4.78 is 36.6. The van der Waals surface area contributed by atoms with Crippen LogP contribution in [0.1, 0.15) is 27.5 Å². The second-order valence-electron chi connectivity index (χ2n) is 10.4. The van der Waals surface area contributed by atoms with E-state index in [4.69, 9.17) is 9.84 Å². The van der Waals surface area contributed by atoms with Crippen LogP contribution in [-0.2, 0) is 14.3 Å². The molecule has 6 rings (SSSR count). The number of hydrogen-bond donors (Lipinski definition) is 0. The molecule has 0 unspecified atom stereocenters. The highest BCUT2D eigenvalue weighted by molar-refractivity contribution is 8.00. The number of hydrogen-bond acceptors (Lipinski definition) is 5. The van der Waals surface area contributed by atoms with E-state index in [1.807, 2.05) is 62.4 Å². The number of morpholine rings is 1. The summed E-state index contributed by atoms with van der Waals surface area (Å²) in [7, 11) is 0. The number of amides is 2. The summed E-state index contributed by atoms with van der Waals surface area (Å²) in [6.07, 6.45) is 0. The lowest BCUT2D eigenvalue weighted by atomic mass is 9.99. The zero-order valence-electron chi connectivity index (χ0n) is 23.3. The Morgan fingerprint density at radius 2 is 1.79 bits per heavy atom. The summed E-state index contributed by atoms with van der Waals surface area (Å²) in [5, 5.41) is 4.38. The minimum atomic E-state index is -0.706. The van der Waals surface area contributed by atoms with Crippen molar-refractivity contribution in [2.24, 2.45) is 0 Å². The molecule has 10 heteroatoms. The normalized spacial score (nSPS) is 17.2. The maximum absolute atomic E-state index is 15.4. The van der Waals surface area contributed by atoms with Crippen molar-refractivity contribution in [2.75, 3.05) is 43.5 Å². The molecule has 1 fully saturated rings. The molecule has 2 aliphatic rings. The van der Waals surface area contributed by atoms with Gasteiger partial charge >= 0.3 is 0 Å². The van der Waals surface area contributed by atoms with Gasteiger partial charge in [-0.2, -0.15) is 5.10 Å². The van der Waals surface area contributed by atoms with Crippen LogP contribution < -0.4 is 4.90 Å². The molecular formula is C32H30F2N4O3S. The summed E-state index contributed by atoms with van der Waals surface area (Å²) in [6.45, 7) is 5.53. The van der Waals surface area contributed by atoms with Crippen LogP contribution in [0.15, 0.2) is 66.7 Å². The van der Waals surface area contributed by atoms with Gasteiger partial charge in [-0.25, -0.2) is 13.5 Å². The van der Waals surface area contributed by atoms with Crippen LogP contribution in [0.5, 0.6) is 0 Å². The molecule has 1 aromatic heterocycles. The van der Waals surface area contributed by atoms with E-state index < -0.39 is 16.9 Å². The number of anilines is 1. The van der Waals surface area contributed by atoms with Crippen LogP contribution in [0.25, 0.3) is 16.9 Å². The van der Waals surface area contributed by atoms with Crippen molar-refractivity contribution in [1.29, 1.82) is 0 Å². The predicted octanol–water partition coefficient (Wildman–Crippen LogP) is 5.46. The third-order valence-electron chi connectivity index (χ3n) is 7.84. The van der Waals surface area contributed by atoms with Crippen molar-refractivity contribution < 1.29 is 23.1 Å². The van der Waals surface area contributed by atoms with Crippen molar-refractivity contribution in [3.63, 3.8) is 0 Å². The molecule has 0 radical (unpaired) electrons. The lowest BCUT2D eigenvalue weighted by Gasteiger charge is -2.30. The van der Waals surface area contributed by atoms with Gasteiger partial charge in [-0.1, -0.05) is 48.5 Å². The highest BCUT2D eigenvalue weighted by Crippen LogP contribution is 2.49. The Bertz CT molecular complexity index is 1650. The fourth-order valence-corrected chi connectivity index (χ4v) is 6.69. The van der Waals surface area contributed by atoms with Crippen LogP contribution in [0, 0.1) is 25.5 Å². The van der Waals surface area contributed by atoms with Crippen LogP contribution >= 0.6 is 11.8 Å². The van der Waals surface area contributed by atoms with E-state index in [1.165, 1.54) is 28.8 Å². The Morgan fingerprint density at radius 1 is 1.02 bits per heavy atom. The number of halogens is 2. The van der Waals surface area contributed by atoms with E-state index in [1.54, 1.807) is 9.58 Å². The number of rotatable bonds is 5. The fourth-order valence-electron chi connectivity index (χ4n) is 5.47. The molecule has 7 nitrogen and oxygen atoms in total. The van der Waals surface area contributed by atoms with Gasteiger partial charge in [-0.15, -0.1) is 11.8 Å². The number of fused-ring (bicyclic) bond motifs is 1. The second-order valence-corrected chi connectivity index (χ2v) is 11.5. The number of aromatic nitrogens is 2. The van der Waals surface area contributed by atoms with Gasteiger partial charge in [0.2, 0.25) is 11.8 Å². The smallest absolute Gasteiger partial charge is 0.242 e. The van der Waals surface area contributed by atoms with E-state index in [9.17, 15) is 14.0 Å². The number of thioether (sulfide) groups is 1. The third kappa shape index (κ3) is 5.20. The average molecular weight is 589 g/mol. The van der Waals surface area contributed by atoms with Crippen molar-refractivity contribution in [3.8, 4) is 16.9 Å². The molecule has 1 atom stereocenters. The lowest BCUT2D eigenvalue weighted by molar-refractivity contribution is -0.134. The number of benzene rings is 3. The van der Waals surface area contributed by atoms with Gasteiger partial charge < -0.3 is 9.64 Å². The summed E-state index contributed by atoms with van der Waals surface area (Å²) in [4.78, 5) is 30.7. The SMILES string of the molecule is Cc1cccc(-n2nc(-c3ccccc3)c3c2N(CC(=O)N2CCOCC2)C(=O)CS[C@H]3c2ccc(F)cc2F)c1C. The fraction of sp³-hybridized carbons (Fsp3) is 0.281. The Labute approximate surface area is 247 Å². The molecular weight excluding hydrogens is 558 g/mol. The lowest BCUT2D eigenvalue weighted by Crippen LogP contribution is -2.48. The maximum Gasteiger partial charge on any atom is 0.242 e. The maximum atomic E-state index is 15.4. The molecule has 2 amide bonds. The summed E-state index contributed by atoms with van der Waals surface area (Å²) in [5.74, 6) is -1.48. The molecule has 4 aromatic rings. The molecule has 216 valence electrons. The van der Waals surface area contributed by atoms with E-state index in [2.05, 4.69) is 0 Å². The van der Waals surface area contributed by atoms with Gasteiger partial charge in [0.15, 0.2) is 0 Å². The Hall–Kier alpha value is -4.02. The van der Waals surface area contributed by atoms with Crippen molar-refractivity contribution >= 4 is 29.4 Å². The molecule has 0 spiro atoms. The van der Waals surface area contributed by atoms with Crippen LogP contribution in [-0.4, -0.2) is 65.1 Å². The van der Waals surface area contributed by atoms with E-state index >= 15 is 4.39 Å². The summed E-state index contributed by atoms with van der Waals surface area (Å²) in [5.41, 5.74) is 4.91. The number of carbonyl (C=O) groups excluding carboxylic acids is 2. The molecule has 0 bridgehead atoms. The Kier molecular flexibility index (Phi) is 7.83. The number of ether oxygens (including phenoxy) is 1. The van der Waals surface area contributed by atoms with Gasteiger partial charge in [-0.05, 0) is 37.1 Å². The standard InChI is InChI=1S/C32H30F2N4O3S/c1-20-7-6-10-26(21(20)2)38-32-29(30(35-38)22-8-4-3-5-9-22)31(24-12-11-23(33)17-25(24)34)42-19-28(40)37(32)18-27(39)36-13-15-41-16-14-36/h3-12,17,31H,13-16,18-19H2,1-2H3/t31-/m0/s1. The highest BCUT2D eigenvalue weighted by atomic mass is 32.2. The highest BCUT2D eigenvalue weighted by Gasteiger charge is 2.39. The molecule has 0 aliphatic carbocycles. The molecule has 0 N–H and O–H groups in total. The molecule has 3 heterocycles. The minimum absolute atomic E-state index is 0.00637. The van der Waals surface area contributed by atoms with E-state index in [0.717, 1.165) is 28.4 Å². The predicted molar refractivity (Wildman–Crippen MR) is 159 cm³/mol. The van der Waals surface area contributed by atoms with Gasteiger partial charge in [-0.3, -0.25) is 14.5 Å². The van der Waals surface area contributed by atoms with E-state index in [-0.39, 0.29) is 29.7 Å². The van der Waals surface area contributed by atoms with Gasteiger partial charge in [0, 0.05) is 35.8 Å². The minimum Gasteiger partial charge on any atom is -0.378 e. The molecule has 0 saturated carbocycles. The molecule has 1 saturated heterocycles. The zero-order valence-corrected chi connectivity index (χ0v) is 24.2. The number of carbonyl (C=O) groups is 2. The zero-order chi connectivity index (χ0) is 29.4. The second kappa shape index (κ2) is 11.7. The van der Waals surface area contributed by atoms with Crippen LogP contribution in [0.2, 0.25) is 0 Å². The quantitative estimate of drug-likeness (QED) is 0.310. The first-order chi connectivity index (χ1) is 20.3. The molecule has 3 aromatic carbocycles. The monoisotopic (exact) mass is 588 g/mol. The molecule has 42 heavy (non-hydrogen) atoms. The molecule has 2 aliphatic heterocycles. The van der Waals surface area contributed by atoms with Crippen LogP contribution in [0.4, 0.5) is 14.6 Å². The van der Waals surface area contributed by atoms with Crippen molar-refractivity contribution in [2.45, 2.75) is 19.1 Å². The first-order valence-corrected chi connectivity index (χ1v) is 14.9. The first kappa shape index (κ1) is 28.1. The van der Waals surface area contributed by atoms with E-state index in [0.29, 0.717) is 43.4 Å². The van der Waals surface area contributed by atoms with Crippen molar-refractivity contribution in [1.82, 2.24) is 14.7 Å². The first-order valence-electron chi connectivity index (χ1n) is 13.8. The van der Waals surface area contributed by atoms with Gasteiger partial charge in [0.25, 0.3) is 0 Å².